The van der Waals surface area contributed by atoms with Crippen LogP contribution in [0.2, 0.25) is 0 Å². The number of nitrogens with zero attached hydrogens (tertiary/aromatic N) is 1. The Hall–Kier alpha value is -2.80. The molecule has 0 radical (unpaired) electrons. The summed E-state index contributed by atoms with van der Waals surface area (Å²) in [5.41, 5.74) is 1.83. The molecule has 4 heteroatoms. The van der Waals surface area contributed by atoms with Crippen LogP contribution in [-0.4, -0.2) is 14.2 Å². The van der Waals surface area contributed by atoms with Crippen molar-refractivity contribution in [3.8, 4) is 17.6 Å². The largest absolute Gasteiger partial charge is 0.497 e. The molecule has 0 heterocycles. The van der Waals surface area contributed by atoms with Gasteiger partial charge in [0.15, 0.2) is 0 Å². The second kappa shape index (κ2) is 6.58. The topological polar surface area (TPSA) is 42.2 Å². The summed E-state index contributed by atoms with van der Waals surface area (Å²) in [5.74, 6) is 0.937. The molecule has 0 aromatic heterocycles. The van der Waals surface area contributed by atoms with Gasteiger partial charge < -0.3 is 9.47 Å². The van der Waals surface area contributed by atoms with Gasteiger partial charge in [-0.05, 0) is 35.9 Å². The van der Waals surface area contributed by atoms with E-state index in [-0.39, 0.29) is 5.82 Å². The summed E-state index contributed by atoms with van der Waals surface area (Å²) >= 11 is 0. The molecule has 21 heavy (non-hydrogen) atoms. The molecule has 0 saturated carbocycles. The van der Waals surface area contributed by atoms with Crippen LogP contribution in [0.25, 0.3) is 11.6 Å². The van der Waals surface area contributed by atoms with E-state index in [2.05, 4.69) is 6.07 Å². The zero-order valence-electron chi connectivity index (χ0n) is 11.8. The van der Waals surface area contributed by atoms with Gasteiger partial charge in [0, 0.05) is 11.6 Å². The Labute approximate surface area is 122 Å². The van der Waals surface area contributed by atoms with Crippen LogP contribution in [-0.2, 0) is 0 Å². The maximum Gasteiger partial charge on any atom is 0.129 e. The van der Waals surface area contributed by atoms with Crippen LogP contribution in [0.15, 0.2) is 42.5 Å². The Balaban J connectivity index is 2.45. The molecule has 0 unspecified atom stereocenters. The van der Waals surface area contributed by atoms with Crippen molar-refractivity contribution in [2.45, 2.75) is 0 Å². The summed E-state index contributed by atoms with van der Waals surface area (Å²) in [6.45, 7) is 0. The first-order valence-corrected chi connectivity index (χ1v) is 6.27. The van der Waals surface area contributed by atoms with Gasteiger partial charge in [-0.25, -0.2) is 4.39 Å². The van der Waals surface area contributed by atoms with Crippen LogP contribution in [0.4, 0.5) is 4.39 Å². The summed E-state index contributed by atoms with van der Waals surface area (Å²) < 4.78 is 23.4. The van der Waals surface area contributed by atoms with Crippen molar-refractivity contribution in [3.63, 3.8) is 0 Å². The third-order valence-corrected chi connectivity index (χ3v) is 3.02. The van der Waals surface area contributed by atoms with Crippen LogP contribution in [0.3, 0.4) is 0 Å². The molecular formula is C17H14FNO2. The van der Waals surface area contributed by atoms with Gasteiger partial charge in [-0.15, -0.1) is 0 Å². The zero-order chi connectivity index (χ0) is 15.2. The summed E-state index contributed by atoms with van der Waals surface area (Å²) in [6, 6.07) is 13.2. The van der Waals surface area contributed by atoms with E-state index in [0.29, 0.717) is 22.6 Å². The van der Waals surface area contributed by atoms with Crippen LogP contribution >= 0.6 is 0 Å². The molecule has 2 rings (SSSR count). The number of methoxy groups -OCH3 is 2. The maximum absolute atomic E-state index is 12.9. The molecule has 0 aliphatic heterocycles. The van der Waals surface area contributed by atoms with Crippen molar-refractivity contribution in [1.29, 1.82) is 5.26 Å². The predicted molar refractivity (Wildman–Crippen MR) is 79.4 cm³/mol. The Kier molecular flexibility index (Phi) is 4.57. The standard InChI is InChI=1S/C17H14FNO2/c1-20-16-8-5-13(17(10-16)21-2)9-14(11-19)12-3-6-15(18)7-4-12/h3-10H,1-2H3/b14-9-. The quantitative estimate of drug-likeness (QED) is 0.631. The summed E-state index contributed by atoms with van der Waals surface area (Å²) in [5, 5.41) is 9.30. The Morgan fingerprint density at radius 2 is 1.81 bits per heavy atom. The highest BCUT2D eigenvalue weighted by Gasteiger charge is 2.06. The van der Waals surface area contributed by atoms with E-state index in [0.717, 1.165) is 5.56 Å². The molecule has 0 N–H and O–H groups in total. The Bertz CT molecular complexity index is 700. The Morgan fingerprint density at radius 3 is 2.38 bits per heavy atom. The minimum absolute atomic E-state index is 0.335. The summed E-state index contributed by atoms with van der Waals surface area (Å²) in [4.78, 5) is 0. The van der Waals surface area contributed by atoms with E-state index < -0.39 is 0 Å². The van der Waals surface area contributed by atoms with Gasteiger partial charge >= 0.3 is 0 Å². The molecule has 0 spiro atoms. The number of hydrogen-bond donors (Lipinski definition) is 0. The van der Waals surface area contributed by atoms with Gasteiger partial charge in [0.05, 0.1) is 25.9 Å². The van der Waals surface area contributed by atoms with Crippen LogP contribution in [0.5, 0.6) is 11.5 Å². The van der Waals surface area contributed by atoms with E-state index in [9.17, 15) is 9.65 Å². The first-order valence-electron chi connectivity index (χ1n) is 6.27. The van der Waals surface area contributed by atoms with Gasteiger partial charge in [-0.3, -0.25) is 0 Å². The van der Waals surface area contributed by atoms with Crippen LogP contribution in [0.1, 0.15) is 11.1 Å². The Morgan fingerprint density at radius 1 is 1.10 bits per heavy atom. The van der Waals surface area contributed by atoms with Crippen molar-refractivity contribution in [3.05, 3.63) is 59.4 Å². The number of rotatable bonds is 4. The minimum atomic E-state index is -0.335. The van der Waals surface area contributed by atoms with E-state index in [4.69, 9.17) is 9.47 Å². The lowest BCUT2D eigenvalue weighted by Gasteiger charge is -2.08. The molecule has 0 amide bonds. The first-order chi connectivity index (χ1) is 10.2. The highest BCUT2D eigenvalue weighted by atomic mass is 19.1. The average Bonchev–Trinajstić information content (AvgIpc) is 2.53. The van der Waals surface area contributed by atoms with E-state index in [1.807, 2.05) is 0 Å². The summed E-state index contributed by atoms with van der Waals surface area (Å²) in [6.07, 6.45) is 1.70. The van der Waals surface area contributed by atoms with Gasteiger partial charge in [-0.2, -0.15) is 5.26 Å². The van der Waals surface area contributed by atoms with Gasteiger partial charge in [0.1, 0.15) is 17.3 Å². The lowest BCUT2D eigenvalue weighted by Crippen LogP contribution is -1.90. The molecular weight excluding hydrogens is 269 g/mol. The second-order valence-corrected chi connectivity index (χ2v) is 4.28. The lowest BCUT2D eigenvalue weighted by atomic mass is 10.0. The van der Waals surface area contributed by atoms with Gasteiger partial charge in [0.2, 0.25) is 0 Å². The van der Waals surface area contributed by atoms with Crippen molar-refractivity contribution < 1.29 is 13.9 Å². The normalized spacial score (nSPS) is 10.9. The number of ether oxygens (including phenoxy) is 2. The van der Waals surface area contributed by atoms with Crippen LogP contribution in [0, 0.1) is 17.1 Å². The SMILES string of the molecule is COc1ccc(/C=C(/C#N)c2ccc(F)cc2)c(OC)c1. The molecule has 3 nitrogen and oxygen atoms in total. The predicted octanol–water partition coefficient (Wildman–Crippen LogP) is 3.91. The lowest BCUT2D eigenvalue weighted by molar-refractivity contribution is 0.394. The molecule has 0 fully saturated rings. The number of allylic oxidation sites excluding steroid dienone is 1. The van der Waals surface area contributed by atoms with Crippen molar-refractivity contribution in [1.82, 2.24) is 0 Å². The van der Waals surface area contributed by atoms with Gasteiger partial charge in [-0.1, -0.05) is 12.1 Å². The fourth-order valence-electron chi connectivity index (χ4n) is 1.90. The fourth-order valence-corrected chi connectivity index (χ4v) is 1.90. The molecule has 106 valence electrons. The minimum Gasteiger partial charge on any atom is -0.497 e. The number of halogens is 1. The highest BCUT2D eigenvalue weighted by molar-refractivity contribution is 5.90. The second-order valence-electron chi connectivity index (χ2n) is 4.28. The first kappa shape index (κ1) is 14.6. The number of benzene rings is 2. The molecule has 2 aromatic rings. The highest BCUT2D eigenvalue weighted by Crippen LogP contribution is 2.28. The van der Waals surface area contributed by atoms with E-state index in [1.165, 1.54) is 12.1 Å². The summed E-state index contributed by atoms with van der Waals surface area (Å²) in [7, 11) is 3.12. The number of nitriles is 1. The van der Waals surface area contributed by atoms with Crippen molar-refractivity contribution in [2.75, 3.05) is 14.2 Å². The molecule has 0 atom stereocenters. The molecule has 0 saturated heterocycles. The van der Waals surface area contributed by atoms with Crippen molar-refractivity contribution >= 4 is 11.6 Å². The maximum atomic E-state index is 12.9. The molecule has 0 bridgehead atoms. The van der Waals surface area contributed by atoms with Crippen LogP contribution < -0.4 is 9.47 Å². The third-order valence-electron chi connectivity index (χ3n) is 3.02. The van der Waals surface area contributed by atoms with E-state index in [1.54, 1.807) is 50.6 Å². The monoisotopic (exact) mass is 283 g/mol. The number of hydrogen-bond acceptors (Lipinski definition) is 3. The van der Waals surface area contributed by atoms with Gasteiger partial charge in [0.25, 0.3) is 0 Å². The third kappa shape index (κ3) is 3.40. The smallest absolute Gasteiger partial charge is 0.129 e. The van der Waals surface area contributed by atoms with Crippen molar-refractivity contribution in [2.24, 2.45) is 0 Å². The average molecular weight is 283 g/mol. The molecule has 2 aromatic carbocycles. The molecule has 0 aliphatic rings. The zero-order valence-corrected chi connectivity index (χ0v) is 11.8. The van der Waals surface area contributed by atoms with E-state index >= 15 is 0 Å². The molecule has 0 aliphatic carbocycles. The fraction of sp³-hybridized carbons (Fsp3) is 0.118.